The van der Waals surface area contributed by atoms with E-state index in [9.17, 15) is 0 Å². The van der Waals surface area contributed by atoms with Gasteiger partial charge in [0, 0.05) is 29.7 Å². The molecule has 1 aliphatic rings. The second-order valence-electron chi connectivity index (χ2n) is 4.46. The van der Waals surface area contributed by atoms with Gasteiger partial charge in [-0.05, 0) is 37.6 Å². The third-order valence-electron chi connectivity index (χ3n) is 3.39. The molecule has 1 aromatic carbocycles. The standard InChI is InChI=1S/C13H19ClN2O.ClH/c1-17-13-5-4-11(14)7-10(13)9-16-6-2-3-12(16)8-15;/h4-5,7,12H,2-3,6,8-9,15H2,1H3;1H. The summed E-state index contributed by atoms with van der Waals surface area (Å²) in [6.45, 7) is 2.70. The van der Waals surface area contributed by atoms with Gasteiger partial charge in [0.1, 0.15) is 5.75 Å². The van der Waals surface area contributed by atoms with E-state index in [1.807, 2.05) is 18.2 Å². The smallest absolute Gasteiger partial charge is 0.123 e. The monoisotopic (exact) mass is 290 g/mol. The highest BCUT2D eigenvalue weighted by molar-refractivity contribution is 6.30. The summed E-state index contributed by atoms with van der Waals surface area (Å²) < 4.78 is 5.36. The maximum absolute atomic E-state index is 6.03. The summed E-state index contributed by atoms with van der Waals surface area (Å²) in [5.74, 6) is 0.900. The Balaban J connectivity index is 0.00000162. The van der Waals surface area contributed by atoms with Gasteiger partial charge in [0.15, 0.2) is 0 Å². The fraction of sp³-hybridized carbons (Fsp3) is 0.538. The van der Waals surface area contributed by atoms with Gasteiger partial charge >= 0.3 is 0 Å². The van der Waals surface area contributed by atoms with E-state index >= 15 is 0 Å². The molecule has 0 saturated carbocycles. The quantitative estimate of drug-likeness (QED) is 0.927. The molecular weight excluding hydrogens is 271 g/mol. The van der Waals surface area contributed by atoms with Crippen LogP contribution in [0.3, 0.4) is 0 Å². The van der Waals surface area contributed by atoms with Gasteiger partial charge < -0.3 is 10.5 Å². The lowest BCUT2D eigenvalue weighted by Crippen LogP contribution is -2.34. The molecule has 1 atom stereocenters. The van der Waals surface area contributed by atoms with Crippen LogP contribution in [0, 0.1) is 0 Å². The van der Waals surface area contributed by atoms with Gasteiger partial charge in [0.2, 0.25) is 0 Å². The van der Waals surface area contributed by atoms with Gasteiger partial charge in [0.25, 0.3) is 0 Å². The van der Waals surface area contributed by atoms with Crippen molar-refractivity contribution in [2.24, 2.45) is 5.73 Å². The van der Waals surface area contributed by atoms with Crippen LogP contribution in [0.1, 0.15) is 18.4 Å². The van der Waals surface area contributed by atoms with Crippen LogP contribution in [-0.2, 0) is 6.54 Å². The third-order valence-corrected chi connectivity index (χ3v) is 3.62. The van der Waals surface area contributed by atoms with Crippen molar-refractivity contribution in [2.75, 3.05) is 20.2 Å². The number of hydrogen-bond donors (Lipinski definition) is 1. The molecule has 5 heteroatoms. The van der Waals surface area contributed by atoms with E-state index in [4.69, 9.17) is 22.1 Å². The molecule has 1 saturated heterocycles. The zero-order valence-corrected chi connectivity index (χ0v) is 12.1. The first-order valence-corrected chi connectivity index (χ1v) is 6.39. The van der Waals surface area contributed by atoms with E-state index in [1.54, 1.807) is 7.11 Å². The van der Waals surface area contributed by atoms with Crippen LogP contribution in [-0.4, -0.2) is 31.1 Å². The van der Waals surface area contributed by atoms with Crippen LogP contribution >= 0.6 is 24.0 Å². The topological polar surface area (TPSA) is 38.5 Å². The number of hydrogen-bond acceptors (Lipinski definition) is 3. The van der Waals surface area contributed by atoms with Crippen molar-refractivity contribution in [2.45, 2.75) is 25.4 Å². The van der Waals surface area contributed by atoms with E-state index < -0.39 is 0 Å². The van der Waals surface area contributed by atoms with Gasteiger partial charge in [-0.2, -0.15) is 0 Å². The van der Waals surface area contributed by atoms with E-state index in [-0.39, 0.29) is 12.4 Å². The Morgan fingerprint density at radius 3 is 2.94 bits per heavy atom. The minimum atomic E-state index is 0. The van der Waals surface area contributed by atoms with Crippen molar-refractivity contribution < 1.29 is 4.74 Å². The van der Waals surface area contributed by atoms with Gasteiger partial charge in [0.05, 0.1) is 7.11 Å². The minimum Gasteiger partial charge on any atom is -0.496 e. The molecule has 0 aliphatic carbocycles. The van der Waals surface area contributed by atoms with E-state index in [0.29, 0.717) is 6.04 Å². The van der Waals surface area contributed by atoms with Gasteiger partial charge in [-0.15, -0.1) is 12.4 Å². The lowest BCUT2D eigenvalue weighted by molar-refractivity contribution is 0.246. The minimum absolute atomic E-state index is 0. The molecule has 0 spiro atoms. The number of nitrogens with zero attached hydrogens (tertiary/aromatic N) is 1. The molecule has 0 aromatic heterocycles. The molecule has 102 valence electrons. The first-order valence-electron chi connectivity index (χ1n) is 6.01. The lowest BCUT2D eigenvalue weighted by Gasteiger charge is -2.24. The highest BCUT2D eigenvalue weighted by Gasteiger charge is 2.23. The Labute approximate surface area is 120 Å². The molecule has 0 radical (unpaired) electrons. The number of benzene rings is 1. The van der Waals surface area contributed by atoms with E-state index in [2.05, 4.69) is 4.90 Å². The first-order chi connectivity index (χ1) is 8.24. The molecule has 2 N–H and O–H groups in total. The second-order valence-corrected chi connectivity index (χ2v) is 4.89. The molecule has 1 unspecified atom stereocenters. The normalized spacial score (nSPS) is 19.6. The highest BCUT2D eigenvalue weighted by atomic mass is 35.5. The summed E-state index contributed by atoms with van der Waals surface area (Å²) in [4.78, 5) is 2.41. The largest absolute Gasteiger partial charge is 0.496 e. The highest BCUT2D eigenvalue weighted by Crippen LogP contribution is 2.27. The van der Waals surface area contributed by atoms with Crippen molar-refractivity contribution >= 4 is 24.0 Å². The summed E-state index contributed by atoms with van der Waals surface area (Å²) in [5.41, 5.74) is 6.92. The summed E-state index contributed by atoms with van der Waals surface area (Å²) >= 11 is 6.03. The van der Waals surface area contributed by atoms with Crippen LogP contribution in [0.2, 0.25) is 5.02 Å². The second kappa shape index (κ2) is 7.19. The molecule has 1 aliphatic heterocycles. The predicted molar refractivity (Wildman–Crippen MR) is 77.7 cm³/mol. The van der Waals surface area contributed by atoms with Crippen LogP contribution < -0.4 is 10.5 Å². The van der Waals surface area contributed by atoms with E-state index in [1.165, 1.54) is 12.8 Å². The van der Waals surface area contributed by atoms with Crippen LogP contribution in [0.4, 0.5) is 0 Å². The van der Waals surface area contributed by atoms with Gasteiger partial charge in [-0.25, -0.2) is 0 Å². The molecule has 3 nitrogen and oxygen atoms in total. The van der Waals surface area contributed by atoms with Crippen molar-refractivity contribution in [3.8, 4) is 5.75 Å². The molecule has 0 amide bonds. The average Bonchev–Trinajstić information content (AvgIpc) is 2.77. The van der Waals surface area contributed by atoms with Crippen molar-refractivity contribution in [3.05, 3.63) is 28.8 Å². The fourth-order valence-corrected chi connectivity index (χ4v) is 2.65. The van der Waals surface area contributed by atoms with Crippen LogP contribution in [0.25, 0.3) is 0 Å². The number of likely N-dealkylation sites (tertiary alicyclic amines) is 1. The Hall–Kier alpha value is -0.480. The fourth-order valence-electron chi connectivity index (χ4n) is 2.46. The molecule has 1 heterocycles. The summed E-state index contributed by atoms with van der Waals surface area (Å²) in [6, 6.07) is 6.25. The molecule has 18 heavy (non-hydrogen) atoms. The Kier molecular flexibility index (Phi) is 6.22. The van der Waals surface area contributed by atoms with Crippen molar-refractivity contribution in [1.82, 2.24) is 4.90 Å². The zero-order chi connectivity index (χ0) is 12.3. The summed E-state index contributed by atoms with van der Waals surface area (Å²) in [7, 11) is 1.69. The maximum Gasteiger partial charge on any atom is 0.123 e. The lowest BCUT2D eigenvalue weighted by atomic mass is 10.1. The molecular formula is C13H20Cl2N2O. The number of rotatable bonds is 4. The Morgan fingerprint density at radius 1 is 1.50 bits per heavy atom. The van der Waals surface area contributed by atoms with Gasteiger partial charge in [-0.3, -0.25) is 4.90 Å². The molecule has 1 aromatic rings. The predicted octanol–water partition coefficient (Wildman–Crippen LogP) is 2.69. The Morgan fingerprint density at radius 2 is 2.28 bits per heavy atom. The number of halogens is 2. The van der Waals surface area contributed by atoms with Crippen LogP contribution in [0.15, 0.2) is 18.2 Å². The molecule has 2 rings (SSSR count). The van der Waals surface area contributed by atoms with Crippen molar-refractivity contribution in [3.63, 3.8) is 0 Å². The maximum atomic E-state index is 6.03. The van der Waals surface area contributed by atoms with Crippen LogP contribution in [0.5, 0.6) is 5.75 Å². The summed E-state index contributed by atoms with van der Waals surface area (Å²) in [5, 5.41) is 0.754. The zero-order valence-electron chi connectivity index (χ0n) is 10.6. The molecule has 0 bridgehead atoms. The van der Waals surface area contributed by atoms with E-state index in [0.717, 1.165) is 36.0 Å². The third kappa shape index (κ3) is 3.51. The number of methoxy groups -OCH3 is 1. The number of ether oxygens (including phenoxy) is 1. The Bertz CT molecular complexity index is 387. The molecule has 1 fully saturated rings. The number of nitrogens with two attached hydrogens (primary N) is 1. The van der Waals surface area contributed by atoms with Gasteiger partial charge in [-0.1, -0.05) is 11.6 Å². The van der Waals surface area contributed by atoms with Crippen molar-refractivity contribution in [1.29, 1.82) is 0 Å². The first kappa shape index (κ1) is 15.6. The SMILES string of the molecule is COc1ccc(Cl)cc1CN1CCCC1CN.Cl. The summed E-state index contributed by atoms with van der Waals surface area (Å²) in [6.07, 6.45) is 2.42. The average molecular weight is 291 g/mol.